The van der Waals surface area contributed by atoms with Gasteiger partial charge >= 0.3 is 0 Å². The first-order valence-electron chi connectivity index (χ1n) is 24.7. The molecule has 0 aliphatic carbocycles. The van der Waals surface area contributed by atoms with Gasteiger partial charge in [-0.05, 0) is 143 Å². The Balaban J connectivity index is 0.788. The van der Waals surface area contributed by atoms with Crippen LogP contribution in [0.25, 0.3) is 148 Å². The van der Waals surface area contributed by atoms with Crippen molar-refractivity contribution in [2.75, 3.05) is 0 Å². The van der Waals surface area contributed by atoms with Crippen LogP contribution in [-0.4, -0.2) is 13.7 Å². The Morgan fingerprint density at radius 3 is 1.11 bits per heavy atom. The molecule has 5 aromatic heterocycles. The molecule has 11 aromatic carbocycles. The Morgan fingerprint density at radius 1 is 0.233 bits per heavy atom. The maximum atomic E-state index is 14.6. The molecule has 73 heavy (non-hydrogen) atoms. The molecule has 0 bridgehead atoms. The predicted molar refractivity (Wildman–Crippen MR) is 301 cm³/mol. The van der Waals surface area contributed by atoms with Crippen LogP contribution in [0.15, 0.2) is 250 Å². The highest BCUT2D eigenvalue weighted by atomic mass is 16.3. The van der Waals surface area contributed by atoms with Crippen molar-refractivity contribution in [1.29, 1.82) is 0 Å². The second-order valence-corrected chi connectivity index (χ2v) is 19.2. The van der Waals surface area contributed by atoms with Crippen LogP contribution in [0.1, 0.15) is 0 Å². The summed E-state index contributed by atoms with van der Waals surface area (Å²) in [7, 11) is 0. The Labute approximate surface area is 416 Å². The molecule has 0 fully saturated rings. The Hall–Kier alpha value is -9.91. The summed E-state index contributed by atoms with van der Waals surface area (Å²) in [6.07, 6.45) is 0. The van der Waals surface area contributed by atoms with Crippen molar-refractivity contribution in [1.82, 2.24) is 13.7 Å². The highest BCUT2D eigenvalue weighted by Gasteiger charge is 2.19. The van der Waals surface area contributed by atoms with E-state index in [0.717, 1.165) is 122 Å². The third kappa shape index (κ3) is 5.83. The molecule has 6 nitrogen and oxygen atoms in total. The number of benzene rings is 11. The number of fused-ring (bicyclic) bond motifs is 15. The number of para-hydroxylation sites is 4. The number of nitrogens with zero attached hydrogens (tertiary/aromatic N) is 3. The Bertz CT molecular complexity index is 5060. The van der Waals surface area contributed by atoms with E-state index >= 15 is 0 Å². The second kappa shape index (κ2) is 15.0. The fourth-order valence-electron chi connectivity index (χ4n) is 11.9. The molecule has 6 heteroatoms. The van der Waals surface area contributed by atoms with Crippen LogP contribution in [0.5, 0.6) is 0 Å². The van der Waals surface area contributed by atoms with Gasteiger partial charge in [-0.1, -0.05) is 121 Å². The number of hydrogen-bond acceptors (Lipinski definition) is 3. The summed E-state index contributed by atoms with van der Waals surface area (Å²) in [5.41, 5.74) is 16.2. The number of aromatic nitrogens is 3. The van der Waals surface area contributed by atoms with Crippen LogP contribution in [0.4, 0.5) is 0 Å². The zero-order chi connectivity index (χ0) is 47.9. The molecule has 0 aliphatic rings. The van der Waals surface area contributed by atoms with Gasteiger partial charge in [0.25, 0.3) is 5.56 Å². The van der Waals surface area contributed by atoms with Crippen molar-refractivity contribution >= 4 is 109 Å². The van der Waals surface area contributed by atoms with Gasteiger partial charge in [0.2, 0.25) is 0 Å². The van der Waals surface area contributed by atoms with Crippen molar-refractivity contribution in [3.8, 4) is 39.3 Å². The van der Waals surface area contributed by atoms with Gasteiger partial charge in [0, 0.05) is 70.9 Å². The Kier molecular flexibility index (Phi) is 8.22. The zero-order valence-electron chi connectivity index (χ0n) is 39.1. The molecular formula is C67H39N3O3. The van der Waals surface area contributed by atoms with Crippen LogP contribution < -0.4 is 5.56 Å². The van der Waals surface area contributed by atoms with Gasteiger partial charge in [-0.2, -0.15) is 0 Å². The summed E-state index contributed by atoms with van der Waals surface area (Å²) in [5, 5.41) is 11.8. The minimum absolute atomic E-state index is 0.0460. The number of rotatable bonds is 5. The standard InChI is InChI=1S/C67H39N3O3/c71-67-52-16-2-1-11-47(52)53-36-42(43-24-31-61-55(37-43)49-13-4-8-18-59(49)69(61)46-29-34-66-57(39-46)51-15-6-10-20-64(51)73-66)25-32-62(53)70(67)44-26-21-40(22-27-44)41-23-30-60-54(35-41)48-12-3-7-17-58(48)68(60)45-28-33-65-56(38-45)50-14-5-9-19-63(50)72-65/h1-39H. The van der Waals surface area contributed by atoms with E-state index in [4.69, 9.17) is 8.83 Å². The van der Waals surface area contributed by atoms with Crippen LogP contribution in [-0.2, 0) is 0 Å². The van der Waals surface area contributed by atoms with E-state index in [2.05, 4.69) is 203 Å². The summed E-state index contributed by atoms with van der Waals surface area (Å²) < 4.78 is 19.0. The summed E-state index contributed by atoms with van der Waals surface area (Å²) in [4.78, 5) is 14.6. The molecule has 0 amide bonds. The maximum Gasteiger partial charge on any atom is 0.263 e. The molecular weight excluding hydrogens is 895 g/mol. The first-order valence-corrected chi connectivity index (χ1v) is 24.7. The summed E-state index contributed by atoms with van der Waals surface area (Å²) in [6, 6.07) is 83.1. The topological polar surface area (TPSA) is 58.1 Å². The molecule has 0 atom stereocenters. The van der Waals surface area contributed by atoms with Crippen molar-refractivity contribution in [2.24, 2.45) is 0 Å². The van der Waals surface area contributed by atoms with E-state index in [1.165, 1.54) is 21.5 Å². The monoisotopic (exact) mass is 933 g/mol. The summed E-state index contributed by atoms with van der Waals surface area (Å²) in [6.45, 7) is 0. The minimum Gasteiger partial charge on any atom is -0.456 e. The lowest BCUT2D eigenvalue weighted by Crippen LogP contribution is -2.19. The molecule has 0 unspecified atom stereocenters. The Morgan fingerprint density at radius 2 is 0.589 bits per heavy atom. The molecule has 0 saturated carbocycles. The molecule has 0 spiro atoms. The van der Waals surface area contributed by atoms with Gasteiger partial charge in [0.1, 0.15) is 22.3 Å². The molecule has 16 aromatic rings. The number of hydrogen-bond donors (Lipinski definition) is 0. The van der Waals surface area contributed by atoms with Crippen molar-refractivity contribution in [3.05, 3.63) is 247 Å². The fourth-order valence-corrected chi connectivity index (χ4v) is 11.9. The highest BCUT2D eigenvalue weighted by Crippen LogP contribution is 2.40. The second-order valence-electron chi connectivity index (χ2n) is 19.2. The van der Waals surface area contributed by atoms with Crippen LogP contribution >= 0.6 is 0 Å². The molecule has 0 saturated heterocycles. The largest absolute Gasteiger partial charge is 0.456 e. The summed E-state index contributed by atoms with van der Waals surface area (Å²) >= 11 is 0. The lowest BCUT2D eigenvalue weighted by molar-refractivity contribution is 0.668. The van der Waals surface area contributed by atoms with Crippen molar-refractivity contribution in [2.45, 2.75) is 0 Å². The van der Waals surface area contributed by atoms with Crippen LogP contribution in [0.3, 0.4) is 0 Å². The van der Waals surface area contributed by atoms with E-state index in [1.54, 1.807) is 0 Å². The SMILES string of the molecule is O=c1c2ccccc2c2cc(-c3ccc4c(c3)c3ccccc3n4-c3ccc4oc5ccccc5c4c3)ccc2n1-c1ccc(-c2ccc3c(c2)c2ccccc2n3-c2ccc3oc4ccccc4c3c2)cc1. The average Bonchev–Trinajstić information content (AvgIpc) is 4.20. The molecule has 16 rings (SSSR count). The third-order valence-electron chi connectivity index (χ3n) is 15.3. The van der Waals surface area contributed by atoms with Crippen molar-refractivity contribution < 1.29 is 8.83 Å². The fraction of sp³-hybridized carbons (Fsp3) is 0. The average molecular weight is 934 g/mol. The third-order valence-corrected chi connectivity index (χ3v) is 15.3. The van der Waals surface area contributed by atoms with E-state index in [9.17, 15) is 4.79 Å². The minimum atomic E-state index is -0.0460. The first kappa shape index (κ1) is 39.9. The van der Waals surface area contributed by atoms with Gasteiger partial charge in [-0.15, -0.1) is 0 Å². The molecule has 0 N–H and O–H groups in total. The maximum absolute atomic E-state index is 14.6. The van der Waals surface area contributed by atoms with Gasteiger partial charge in [0.15, 0.2) is 0 Å². The summed E-state index contributed by atoms with van der Waals surface area (Å²) in [5.74, 6) is 0. The highest BCUT2D eigenvalue weighted by molar-refractivity contribution is 6.14. The molecule has 0 aliphatic heterocycles. The van der Waals surface area contributed by atoms with E-state index in [1.807, 2.05) is 47.0 Å². The van der Waals surface area contributed by atoms with Crippen molar-refractivity contribution in [3.63, 3.8) is 0 Å². The van der Waals surface area contributed by atoms with Gasteiger partial charge in [0.05, 0.1) is 27.6 Å². The molecule has 340 valence electrons. The lowest BCUT2D eigenvalue weighted by Gasteiger charge is -2.15. The quantitative estimate of drug-likeness (QED) is 0.162. The smallest absolute Gasteiger partial charge is 0.263 e. The first-order chi connectivity index (χ1) is 36.1. The van der Waals surface area contributed by atoms with Gasteiger partial charge in [-0.25, -0.2) is 0 Å². The van der Waals surface area contributed by atoms with E-state index in [-0.39, 0.29) is 5.56 Å². The molecule has 0 radical (unpaired) electrons. The molecule has 5 heterocycles. The predicted octanol–water partition coefficient (Wildman–Crippen LogP) is 17.5. The lowest BCUT2D eigenvalue weighted by atomic mass is 9.98. The zero-order valence-corrected chi connectivity index (χ0v) is 39.1. The number of pyridine rings is 1. The van der Waals surface area contributed by atoms with E-state index < -0.39 is 0 Å². The van der Waals surface area contributed by atoms with Crippen LogP contribution in [0, 0.1) is 0 Å². The van der Waals surface area contributed by atoms with E-state index in [0.29, 0.717) is 5.39 Å². The normalized spacial score (nSPS) is 12.2. The van der Waals surface area contributed by atoms with Crippen LogP contribution in [0.2, 0.25) is 0 Å². The number of furan rings is 2. The van der Waals surface area contributed by atoms with Gasteiger partial charge < -0.3 is 18.0 Å². The van der Waals surface area contributed by atoms with Gasteiger partial charge in [-0.3, -0.25) is 9.36 Å².